The van der Waals surface area contributed by atoms with E-state index in [2.05, 4.69) is 15.0 Å². The summed E-state index contributed by atoms with van der Waals surface area (Å²) in [7, 11) is 0. The Labute approximate surface area is 107 Å². The summed E-state index contributed by atoms with van der Waals surface area (Å²) in [5, 5.41) is 0.331. The number of hydrogen-bond acceptors (Lipinski definition) is 3. The van der Waals surface area contributed by atoms with Crippen LogP contribution in [0.25, 0.3) is 11.2 Å². The van der Waals surface area contributed by atoms with E-state index in [-0.39, 0.29) is 5.82 Å². The standard InChI is InChI=1S/C12H8ClFN4/c13-11-10-12(16-6-15-11)18(7-17-10)5-8-1-3-9(14)4-2-8/h1-4,6-7H,5H2. The van der Waals surface area contributed by atoms with Crippen LogP contribution in [0.2, 0.25) is 5.15 Å². The van der Waals surface area contributed by atoms with Crippen LogP contribution in [0.1, 0.15) is 5.56 Å². The van der Waals surface area contributed by atoms with Crippen LogP contribution in [-0.2, 0) is 6.54 Å². The van der Waals surface area contributed by atoms with Gasteiger partial charge in [0.2, 0.25) is 0 Å². The van der Waals surface area contributed by atoms with Gasteiger partial charge in [-0.05, 0) is 17.7 Å². The molecule has 6 heteroatoms. The number of fused-ring (bicyclic) bond motifs is 1. The number of rotatable bonds is 2. The lowest BCUT2D eigenvalue weighted by atomic mass is 10.2. The van der Waals surface area contributed by atoms with E-state index in [0.717, 1.165) is 5.56 Å². The molecular weight excluding hydrogens is 255 g/mol. The van der Waals surface area contributed by atoms with Crippen LogP contribution in [0.15, 0.2) is 36.9 Å². The van der Waals surface area contributed by atoms with Crippen molar-refractivity contribution in [1.29, 1.82) is 0 Å². The Morgan fingerprint density at radius 2 is 1.89 bits per heavy atom. The Bertz CT molecular complexity index is 693. The van der Waals surface area contributed by atoms with Crippen LogP contribution in [-0.4, -0.2) is 19.5 Å². The highest BCUT2D eigenvalue weighted by molar-refractivity contribution is 6.33. The van der Waals surface area contributed by atoms with Gasteiger partial charge in [0.15, 0.2) is 10.8 Å². The molecule has 0 aliphatic rings. The van der Waals surface area contributed by atoms with Crippen molar-refractivity contribution in [3.63, 3.8) is 0 Å². The van der Waals surface area contributed by atoms with E-state index in [1.165, 1.54) is 18.5 Å². The summed E-state index contributed by atoms with van der Waals surface area (Å²) in [5.74, 6) is -0.250. The average Bonchev–Trinajstić information content (AvgIpc) is 2.77. The molecule has 1 aromatic carbocycles. The van der Waals surface area contributed by atoms with Crippen molar-refractivity contribution < 1.29 is 4.39 Å². The van der Waals surface area contributed by atoms with Gasteiger partial charge in [0.05, 0.1) is 12.9 Å². The molecule has 0 atom stereocenters. The summed E-state index contributed by atoms with van der Waals surface area (Å²) in [4.78, 5) is 12.2. The summed E-state index contributed by atoms with van der Waals surface area (Å²) in [6.07, 6.45) is 3.04. The number of hydrogen-bond donors (Lipinski definition) is 0. The second-order valence-electron chi connectivity index (χ2n) is 3.84. The Morgan fingerprint density at radius 3 is 2.67 bits per heavy atom. The van der Waals surface area contributed by atoms with Gasteiger partial charge < -0.3 is 4.57 Å². The van der Waals surface area contributed by atoms with Crippen molar-refractivity contribution in [3.8, 4) is 0 Å². The monoisotopic (exact) mass is 262 g/mol. The fraction of sp³-hybridized carbons (Fsp3) is 0.0833. The lowest BCUT2D eigenvalue weighted by Gasteiger charge is -2.03. The van der Waals surface area contributed by atoms with Crippen LogP contribution >= 0.6 is 11.6 Å². The molecule has 3 rings (SSSR count). The van der Waals surface area contributed by atoms with Crippen LogP contribution in [0, 0.1) is 5.82 Å². The highest BCUT2D eigenvalue weighted by atomic mass is 35.5. The van der Waals surface area contributed by atoms with Gasteiger partial charge in [-0.1, -0.05) is 23.7 Å². The smallest absolute Gasteiger partial charge is 0.165 e. The molecule has 4 nitrogen and oxygen atoms in total. The van der Waals surface area contributed by atoms with Gasteiger partial charge in [-0.15, -0.1) is 0 Å². The zero-order valence-corrected chi connectivity index (χ0v) is 9.97. The third-order valence-electron chi connectivity index (χ3n) is 2.62. The number of benzene rings is 1. The third kappa shape index (κ3) is 1.93. The van der Waals surface area contributed by atoms with E-state index in [0.29, 0.717) is 22.9 Å². The van der Waals surface area contributed by atoms with Crippen molar-refractivity contribution in [2.75, 3.05) is 0 Å². The molecule has 3 aromatic rings. The summed E-state index contributed by atoms with van der Waals surface area (Å²) >= 11 is 5.92. The maximum atomic E-state index is 12.8. The van der Waals surface area contributed by atoms with Crippen LogP contribution in [0.4, 0.5) is 4.39 Å². The van der Waals surface area contributed by atoms with Gasteiger partial charge in [0, 0.05) is 0 Å². The third-order valence-corrected chi connectivity index (χ3v) is 2.90. The molecule has 0 bridgehead atoms. The topological polar surface area (TPSA) is 43.6 Å². The Kier molecular flexibility index (Phi) is 2.68. The highest BCUT2D eigenvalue weighted by Crippen LogP contribution is 2.18. The van der Waals surface area contributed by atoms with Gasteiger partial charge in [0.25, 0.3) is 0 Å². The van der Waals surface area contributed by atoms with Crippen LogP contribution in [0.5, 0.6) is 0 Å². The summed E-state index contributed by atoms with van der Waals surface area (Å²) in [6, 6.07) is 6.31. The molecule has 0 amide bonds. The molecule has 2 heterocycles. The van der Waals surface area contributed by atoms with E-state index in [9.17, 15) is 4.39 Å². The molecule has 2 aromatic heterocycles. The molecule has 0 radical (unpaired) electrons. The van der Waals surface area contributed by atoms with Crippen molar-refractivity contribution in [2.45, 2.75) is 6.54 Å². The van der Waals surface area contributed by atoms with Crippen molar-refractivity contribution in [2.24, 2.45) is 0 Å². The molecule has 0 aliphatic heterocycles. The second kappa shape index (κ2) is 4.34. The highest BCUT2D eigenvalue weighted by Gasteiger charge is 2.08. The molecule has 0 unspecified atom stereocenters. The van der Waals surface area contributed by atoms with Gasteiger partial charge in [-0.3, -0.25) is 0 Å². The number of nitrogens with zero attached hydrogens (tertiary/aromatic N) is 4. The predicted octanol–water partition coefficient (Wildman–Crippen LogP) is 2.67. The minimum absolute atomic E-state index is 0.250. The van der Waals surface area contributed by atoms with E-state index in [1.807, 2.05) is 4.57 Å². The molecule has 0 fully saturated rings. The second-order valence-corrected chi connectivity index (χ2v) is 4.19. The molecule has 0 saturated heterocycles. The molecular formula is C12H8ClFN4. The molecule has 90 valence electrons. The van der Waals surface area contributed by atoms with E-state index in [4.69, 9.17) is 11.6 Å². The van der Waals surface area contributed by atoms with Crippen LogP contribution in [0.3, 0.4) is 0 Å². The van der Waals surface area contributed by atoms with Gasteiger partial charge >= 0.3 is 0 Å². The molecule has 0 spiro atoms. The van der Waals surface area contributed by atoms with E-state index >= 15 is 0 Å². The normalized spacial score (nSPS) is 11.0. The largest absolute Gasteiger partial charge is 0.311 e. The Hall–Kier alpha value is -2.01. The average molecular weight is 263 g/mol. The summed E-state index contributed by atoms with van der Waals surface area (Å²) < 4.78 is 14.7. The quantitative estimate of drug-likeness (QED) is 0.667. The number of aromatic nitrogens is 4. The first-order valence-corrected chi connectivity index (χ1v) is 5.67. The molecule has 0 N–H and O–H groups in total. The minimum atomic E-state index is -0.250. The van der Waals surface area contributed by atoms with Crippen molar-refractivity contribution >= 4 is 22.8 Å². The van der Waals surface area contributed by atoms with Gasteiger partial charge in [-0.25, -0.2) is 19.3 Å². The minimum Gasteiger partial charge on any atom is -0.311 e. The summed E-state index contributed by atoms with van der Waals surface area (Å²) in [5.41, 5.74) is 2.20. The Balaban J connectivity index is 2.00. The van der Waals surface area contributed by atoms with E-state index < -0.39 is 0 Å². The first-order valence-electron chi connectivity index (χ1n) is 5.30. The Morgan fingerprint density at radius 1 is 1.11 bits per heavy atom. The fourth-order valence-corrected chi connectivity index (χ4v) is 1.93. The first kappa shape index (κ1) is 11.1. The molecule has 0 aliphatic carbocycles. The van der Waals surface area contributed by atoms with Crippen molar-refractivity contribution in [3.05, 3.63) is 53.5 Å². The molecule has 0 saturated carbocycles. The lowest BCUT2D eigenvalue weighted by Crippen LogP contribution is -1.99. The lowest BCUT2D eigenvalue weighted by molar-refractivity contribution is 0.626. The van der Waals surface area contributed by atoms with Crippen molar-refractivity contribution in [1.82, 2.24) is 19.5 Å². The van der Waals surface area contributed by atoms with Gasteiger partial charge in [-0.2, -0.15) is 0 Å². The fourth-order valence-electron chi connectivity index (χ4n) is 1.75. The maximum Gasteiger partial charge on any atom is 0.165 e. The maximum absolute atomic E-state index is 12.8. The number of imidazole rings is 1. The predicted molar refractivity (Wildman–Crippen MR) is 65.8 cm³/mol. The zero-order valence-electron chi connectivity index (χ0n) is 9.22. The summed E-state index contributed by atoms with van der Waals surface area (Å²) in [6.45, 7) is 0.560. The number of halogens is 2. The van der Waals surface area contributed by atoms with Gasteiger partial charge in [0.1, 0.15) is 17.7 Å². The van der Waals surface area contributed by atoms with E-state index in [1.54, 1.807) is 18.5 Å². The van der Waals surface area contributed by atoms with Crippen LogP contribution < -0.4 is 0 Å². The SMILES string of the molecule is Fc1ccc(Cn2cnc3c(Cl)ncnc32)cc1. The zero-order chi connectivity index (χ0) is 12.5. The first-order chi connectivity index (χ1) is 8.74. The molecule has 18 heavy (non-hydrogen) atoms.